The van der Waals surface area contributed by atoms with E-state index in [-0.39, 0.29) is 85.0 Å². The monoisotopic (exact) mass is 1580 g/mol. The molecule has 488 valence electrons. The van der Waals surface area contributed by atoms with Crippen molar-refractivity contribution in [3.05, 3.63) is 233 Å². The molecule has 0 saturated heterocycles. The number of aldehydes is 1. The Morgan fingerprint density at radius 1 is 0.584 bits per heavy atom. The van der Waals surface area contributed by atoms with Crippen molar-refractivity contribution in [1.82, 2.24) is 4.72 Å². The largest absolute Gasteiger partial charge is 2.00 e. The molecular weight excluding hydrogens is 1520 g/mol. The van der Waals surface area contributed by atoms with Crippen molar-refractivity contribution in [3.8, 4) is 0 Å². The average Bonchev–Trinajstić information content (AvgIpc) is 3.43. The second-order valence-electron chi connectivity index (χ2n) is 20.2. The minimum atomic E-state index is -1.40. The molecule has 6 aromatic rings. The summed E-state index contributed by atoms with van der Waals surface area (Å²) in [4.78, 5) is 20.5. The van der Waals surface area contributed by atoms with Crippen LogP contribution in [0, 0.1) is 41.5 Å². The third kappa shape index (κ3) is 41.2. The molecule has 0 saturated carbocycles. The van der Waals surface area contributed by atoms with Gasteiger partial charge in [0.1, 0.15) is 78.9 Å². The van der Waals surface area contributed by atoms with Gasteiger partial charge < -0.3 is 33.8 Å². The molecule has 0 spiro atoms. The summed E-state index contributed by atoms with van der Waals surface area (Å²) >= 11 is 9.13. The van der Waals surface area contributed by atoms with Crippen molar-refractivity contribution < 1.29 is 93.3 Å². The van der Waals surface area contributed by atoms with Crippen LogP contribution in [0.5, 0.6) is 0 Å². The van der Waals surface area contributed by atoms with E-state index in [1.807, 2.05) is 41.5 Å². The number of carboxylic acid groups (broad SMARTS) is 1. The Labute approximate surface area is 574 Å². The van der Waals surface area contributed by atoms with E-state index in [1.54, 1.807) is 39.0 Å². The minimum Gasteiger partial charge on any atom is -1.00 e. The molecule has 0 aliphatic carbocycles. The van der Waals surface area contributed by atoms with Crippen LogP contribution in [-0.2, 0) is 66.3 Å². The maximum atomic E-state index is 13.4. The number of rotatable bonds is 13. The number of aliphatic hydroxyl groups is 1. The maximum Gasteiger partial charge on any atom is 2.00 e. The normalized spacial score (nSPS) is 11.9. The molecule has 6 rings (SSSR count). The van der Waals surface area contributed by atoms with Crippen LogP contribution in [0.4, 0.5) is 43.9 Å². The van der Waals surface area contributed by atoms with Gasteiger partial charge in [-0.3, -0.25) is 16.5 Å². The molecule has 0 fully saturated rings. The molecule has 0 bridgehead atoms. The van der Waals surface area contributed by atoms with Gasteiger partial charge in [-0.1, -0.05) is 59.9 Å². The standard InChI is InChI=1S/C14H19F2NOS.C12H15F2NOS.C8H6F2O.C7H5BrF2.C7H4BrFO2.C7H6BrFO.C4H11NOS.C2H3.BrH.Mg/c1-5-13(17-19(18)14(2,3)4)11-6-10(9-15)7-12(16)8-11;1-12(2,3)17(16)15-8-10-4-9(7-13)5-11(14)6-10;9-4-6-1-7(5-11)3-8(10)2-6;8-6-1-5(4-9)2-7(10)3-6;8-5-1-4(7(10)11)2-6(9)3-5;8-6-1-5(4-10)2-7(9)3-6;1-4(2,3)7(5)6;1-2;;/h5-8,13,17H,1,9H2,2-4H3;4-6,8H,7H2,1-3H3;1-3,5H,4H2;1-3H,4H2;1-3H,(H,10,11);1-3,10H,4H2;5H2,1-3H3;1H,2H2;1H;/q;;;;;;;-1;;+2/p-1/t13-,19-;17-;;;;;7-;;;/m11....1.../s1. The SMILES string of the molecule is C=C[C@@H](N[S@](=O)C(C)(C)C)c1cc(F)cc(CF)c1.CC(C)(C)[S@@](=O)N=Cc1cc(F)cc(CF)c1.CC(C)(C)[S@](N)=O.FCc1cc(F)cc(Br)c1.O=C(O)c1cc(F)cc(Br)c1.O=Cc1cc(F)cc(CF)c1.OCc1cc(F)cc(Br)c1.[Br-].[CH-]=C.[Mg+2]. The van der Waals surface area contributed by atoms with Crippen LogP contribution in [0.3, 0.4) is 0 Å². The van der Waals surface area contributed by atoms with Crippen molar-refractivity contribution in [2.45, 2.75) is 116 Å². The summed E-state index contributed by atoms with van der Waals surface area (Å²) in [5.41, 5.74) is 2.65. The Bertz CT molecular complexity index is 3140. The molecule has 28 heteroatoms. The van der Waals surface area contributed by atoms with Crippen molar-refractivity contribution in [2.24, 2.45) is 9.54 Å². The van der Waals surface area contributed by atoms with E-state index in [4.69, 9.17) is 15.4 Å². The van der Waals surface area contributed by atoms with Crippen LogP contribution in [0.1, 0.15) is 128 Å². The van der Waals surface area contributed by atoms with Gasteiger partial charge in [0.15, 0.2) is 0 Å². The predicted molar refractivity (Wildman–Crippen MR) is 346 cm³/mol. The smallest absolute Gasteiger partial charge is 1.00 e. The topological polar surface area (TPSA) is 176 Å². The molecule has 0 heterocycles. The zero-order chi connectivity index (χ0) is 67.6. The van der Waals surface area contributed by atoms with E-state index in [1.165, 1.54) is 73.0 Å². The van der Waals surface area contributed by atoms with Gasteiger partial charge in [0, 0.05) is 25.2 Å². The third-order valence-electron chi connectivity index (χ3n) is 9.64. The Kier molecular flexibility index (Phi) is 48.1. The Morgan fingerprint density at radius 3 is 1.28 bits per heavy atom. The first-order chi connectivity index (χ1) is 40.3. The molecule has 0 amide bonds. The summed E-state index contributed by atoms with van der Waals surface area (Å²) in [5, 5.41) is 22.1. The van der Waals surface area contributed by atoms with Gasteiger partial charge in [0.25, 0.3) is 0 Å². The summed E-state index contributed by atoms with van der Waals surface area (Å²) in [7, 11) is -3.90. The number of carbonyl (C=O) groups is 2. The quantitative estimate of drug-likeness (QED) is 0.0222. The van der Waals surface area contributed by atoms with Crippen LogP contribution in [-0.4, -0.2) is 78.6 Å². The third-order valence-corrected chi connectivity index (χ3v) is 15.1. The van der Waals surface area contributed by atoms with Crippen LogP contribution < -0.4 is 26.8 Å². The van der Waals surface area contributed by atoms with E-state index < -0.39 is 110 Å². The van der Waals surface area contributed by atoms with Gasteiger partial charge in [-0.2, -0.15) is 4.40 Å². The summed E-state index contributed by atoms with van der Waals surface area (Å²) in [6.07, 6.45) is 3.33. The molecule has 0 unspecified atom stereocenters. The van der Waals surface area contributed by atoms with Gasteiger partial charge in [0.05, 0.1) is 54.4 Å². The second-order valence-corrected chi connectivity index (χ2v) is 28.7. The van der Waals surface area contributed by atoms with Gasteiger partial charge in [0.2, 0.25) is 0 Å². The second kappa shape index (κ2) is 46.9. The number of aromatic carboxylic acids is 1. The molecule has 0 radical (unpaired) electrons. The maximum absolute atomic E-state index is 13.4. The average molecular weight is 1590 g/mol. The molecule has 89 heavy (non-hydrogen) atoms. The van der Waals surface area contributed by atoms with E-state index in [0.29, 0.717) is 42.0 Å². The molecule has 5 N–H and O–H groups in total. The number of halogens is 14. The molecule has 0 aliphatic heterocycles. The first kappa shape index (κ1) is 91.3. The number of hydrogen-bond donors (Lipinski definition) is 4. The number of nitrogens with two attached hydrogens (primary N) is 1. The Hall–Kier alpha value is -4.07. The predicted octanol–water partition coefficient (Wildman–Crippen LogP) is 13.9. The number of benzene rings is 6. The first-order valence-corrected chi connectivity index (χ1v) is 30.8. The van der Waals surface area contributed by atoms with Crippen molar-refractivity contribution >= 4 is 122 Å². The summed E-state index contributed by atoms with van der Waals surface area (Å²) < 4.78 is 166. The zero-order valence-electron chi connectivity index (χ0n) is 49.9. The van der Waals surface area contributed by atoms with Gasteiger partial charge in [-0.15, -0.1) is 6.58 Å². The fourth-order valence-electron chi connectivity index (χ4n) is 5.46. The number of aliphatic hydroxyl groups excluding tert-OH is 1. The van der Waals surface area contributed by atoms with Crippen LogP contribution >= 0.6 is 47.8 Å². The first-order valence-electron chi connectivity index (χ1n) is 25.0. The summed E-state index contributed by atoms with van der Waals surface area (Å²) in [5.74, 6) is -4.06. The van der Waals surface area contributed by atoms with Gasteiger partial charge >= 0.3 is 29.0 Å². The molecular formula is C61H69Br4F10MgN3O7S3. The van der Waals surface area contributed by atoms with Crippen molar-refractivity contribution in [2.75, 3.05) is 0 Å². The molecule has 0 aromatic heterocycles. The Balaban J connectivity index is -0.000000479. The van der Waals surface area contributed by atoms with Gasteiger partial charge in [-0.25, -0.2) is 66.0 Å². The number of nitrogens with zero attached hydrogens (tertiary/aromatic N) is 1. The van der Waals surface area contributed by atoms with E-state index in [2.05, 4.69) is 76.6 Å². The Morgan fingerprint density at radius 2 is 0.933 bits per heavy atom. The van der Waals surface area contributed by atoms with Crippen LogP contribution in [0.25, 0.3) is 0 Å². The molecule has 6 aromatic carbocycles. The molecule has 10 nitrogen and oxygen atoms in total. The number of nitrogens with one attached hydrogen (secondary N) is 1. The number of hydrogen-bond acceptors (Lipinski definition) is 6. The summed E-state index contributed by atoms with van der Waals surface area (Å²) in [6, 6.07) is 22.6. The van der Waals surface area contributed by atoms with Crippen LogP contribution in [0.15, 0.2) is 146 Å². The number of carboxylic acids is 1. The van der Waals surface area contributed by atoms with E-state index in [0.717, 1.165) is 30.3 Å². The number of alkyl halides is 4. The van der Waals surface area contributed by atoms with E-state index >= 15 is 0 Å². The summed E-state index contributed by atoms with van der Waals surface area (Å²) in [6.45, 7) is 24.0. The number of carbonyl (C=O) groups excluding carboxylic acids is 1. The van der Waals surface area contributed by atoms with Crippen molar-refractivity contribution in [1.29, 1.82) is 0 Å². The zero-order valence-corrected chi connectivity index (χ0v) is 60.1. The molecule has 0 aliphatic rings. The van der Waals surface area contributed by atoms with Crippen molar-refractivity contribution in [3.63, 3.8) is 0 Å². The van der Waals surface area contributed by atoms with E-state index in [9.17, 15) is 66.1 Å². The van der Waals surface area contributed by atoms with Gasteiger partial charge in [-0.05, 0) is 204 Å². The molecule has 4 atom stereocenters. The van der Waals surface area contributed by atoms with Crippen LogP contribution in [0.2, 0.25) is 0 Å². The fraction of sp³-hybridized carbons (Fsp3) is 0.295. The fourth-order valence-corrected chi connectivity index (χ4v) is 8.30. The minimum absolute atomic E-state index is 0.